The number of ether oxygens (including phenoxy) is 1. The van der Waals surface area contributed by atoms with Crippen LogP contribution in [0.2, 0.25) is 0 Å². The molecule has 3 atom stereocenters. The Bertz CT molecular complexity index is 776. The number of anilines is 1. The summed E-state index contributed by atoms with van der Waals surface area (Å²) in [4.78, 5) is 12.5. The molecule has 0 saturated heterocycles. The van der Waals surface area contributed by atoms with E-state index in [0.717, 1.165) is 16.6 Å². The quantitative estimate of drug-likeness (QED) is 0.789. The molecule has 0 aromatic heterocycles. The highest BCUT2D eigenvalue weighted by atomic mass is 32.2. The molecule has 0 aliphatic heterocycles. The van der Waals surface area contributed by atoms with Crippen LogP contribution in [0.1, 0.15) is 39.0 Å². The van der Waals surface area contributed by atoms with E-state index >= 15 is 0 Å². The molecular weight excluding hydrogens is 352 g/mol. The molecule has 144 valence electrons. The lowest BCUT2D eigenvalue weighted by molar-refractivity contribution is -0.117. The Labute approximate surface area is 156 Å². The summed E-state index contributed by atoms with van der Waals surface area (Å²) in [5, 5.41) is 2.87. The molecule has 2 bridgehead atoms. The van der Waals surface area contributed by atoms with Crippen molar-refractivity contribution in [3.63, 3.8) is 0 Å². The molecule has 7 heteroatoms. The lowest BCUT2D eigenvalue weighted by Crippen LogP contribution is -2.23. The molecule has 0 radical (unpaired) electrons. The summed E-state index contributed by atoms with van der Waals surface area (Å²) in [7, 11) is -0.705. The van der Waals surface area contributed by atoms with Gasteiger partial charge in [-0.2, -0.15) is 0 Å². The molecule has 26 heavy (non-hydrogen) atoms. The highest BCUT2D eigenvalue weighted by molar-refractivity contribution is 7.89. The van der Waals surface area contributed by atoms with E-state index in [2.05, 4.69) is 5.32 Å². The van der Waals surface area contributed by atoms with Gasteiger partial charge < -0.3 is 10.1 Å². The fourth-order valence-corrected chi connectivity index (χ4v) is 5.39. The normalized spacial score (nSPS) is 24.8. The van der Waals surface area contributed by atoms with Gasteiger partial charge in [0.15, 0.2) is 0 Å². The first-order chi connectivity index (χ1) is 12.3. The third kappa shape index (κ3) is 3.88. The van der Waals surface area contributed by atoms with Gasteiger partial charge in [0.05, 0.1) is 6.61 Å². The van der Waals surface area contributed by atoms with Crippen LogP contribution in [-0.2, 0) is 14.8 Å². The molecule has 2 aliphatic carbocycles. The molecule has 2 fully saturated rings. The van der Waals surface area contributed by atoms with Gasteiger partial charge in [0.25, 0.3) is 0 Å². The Kier molecular flexibility index (Phi) is 5.58. The Morgan fingerprint density at radius 3 is 2.62 bits per heavy atom. The van der Waals surface area contributed by atoms with Crippen LogP contribution in [-0.4, -0.2) is 39.3 Å². The fourth-order valence-electron chi connectivity index (χ4n) is 4.34. The lowest BCUT2D eigenvalue weighted by atomic mass is 9.86. The maximum atomic E-state index is 12.6. The van der Waals surface area contributed by atoms with Crippen molar-refractivity contribution in [1.29, 1.82) is 0 Å². The van der Waals surface area contributed by atoms with Gasteiger partial charge in [-0.1, -0.05) is 6.42 Å². The van der Waals surface area contributed by atoms with Gasteiger partial charge in [0, 0.05) is 26.2 Å². The fraction of sp³-hybridized carbons (Fsp3) is 0.632. The number of carbonyl (C=O) groups excluding carboxylic acids is 1. The second-order valence-corrected chi connectivity index (χ2v) is 9.69. The van der Waals surface area contributed by atoms with Crippen molar-refractivity contribution >= 4 is 21.6 Å². The van der Waals surface area contributed by atoms with Crippen molar-refractivity contribution in [2.24, 2.45) is 17.8 Å². The number of amides is 1. The van der Waals surface area contributed by atoms with Gasteiger partial charge in [0.2, 0.25) is 15.9 Å². The van der Waals surface area contributed by atoms with Crippen molar-refractivity contribution in [2.45, 2.75) is 43.9 Å². The zero-order valence-electron chi connectivity index (χ0n) is 15.7. The molecule has 0 unspecified atom stereocenters. The predicted molar refractivity (Wildman–Crippen MR) is 101 cm³/mol. The minimum absolute atomic E-state index is 0.0417. The van der Waals surface area contributed by atoms with Gasteiger partial charge in [-0.3, -0.25) is 4.79 Å². The maximum Gasteiger partial charge on any atom is 0.246 e. The number of fused-ring (bicyclic) bond motifs is 2. The van der Waals surface area contributed by atoms with Gasteiger partial charge in [-0.25, -0.2) is 12.7 Å². The maximum absolute atomic E-state index is 12.6. The SMILES string of the molecule is CCOc1ccc(NC(=O)C[C@H]2C[C@H]3CC[C@@H]2C3)cc1S(=O)(=O)N(C)C. The smallest absolute Gasteiger partial charge is 0.246 e. The molecule has 3 rings (SSSR count). The van der Waals surface area contributed by atoms with E-state index in [0.29, 0.717) is 36.3 Å². The van der Waals surface area contributed by atoms with E-state index in [1.807, 2.05) is 0 Å². The van der Waals surface area contributed by atoms with E-state index in [1.165, 1.54) is 39.4 Å². The number of sulfonamides is 1. The van der Waals surface area contributed by atoms with Gasteiger partial charge >= 0.3 is 0 Å². The van der Waals surface area contributed by atoms with Crippen molar-refractivity contribution in [3.8, 4) is 5.75 Å². The average molecular weight is 381 g/mol. The number of hydrogen-bond donors (Lipinski definition) is 1. The van der Waals surface area contributed by atoms with E-state index in [4.69, 9.17) is 4.74 Å². The molecule has 6 nitrogen and oxygen atoms in total. The molecule has 1 aromatic carbocycles. The molecule has 1 amide bonds. The van der Waals surface area contributed by atoms with E-state index in [-0.39, 0.29) is 10.8 Å². The minimum atomic E-state index is -3.66. The Morgan fingerprint density at radius 2 is 2.04 bits per heavy atom. The third-order valence-corrected chi connectivity index (χ3v) is 7.45. The number of benzene rings is 1. The summed E-state index contributed by atoms with van der Waals surface area (Å²) in [6.45, 7) is 2.17. The first kappa shape index (κ1) is 19.2. The first-order valence-electron chi connectivity index (χ1n) is 9.30. The average Bonchev–Trinajstić information content (AvgIpc) is 3.19. The van der Waals surface area contributed by atoms with Crippen LogP contribution in [0.3, 0.4) is 0 Å². The van der Waals surface area contributed by atoms with Crippen molar-refractivity contribution in [1.82, 2.24) is 4.31 Å². The number of nitrogens with one attached hydrogen (secondary N) is 1. The van der Waals surface area contributed by atoms with Crippen LogP contribution < -0.4 is 10.1 Å². The van der Waals surface area contributed by atoms with Crippen LogP contribution in [0.4, 0.5) is 5.69 Å². The van der Waals surface area contributed by atoms with Crippen molar-refractivity contribution < 1.29 is 17.9 Å². The Balaban J connectivity index is 1.74. The number of nitrogens with zero attached hydrogens (tertiary/aromatic N) is 1. The zero-order chi connectivity index (χ0) is 18.9. The minimum Gasteiger partial charge on any atom is -0.492 e. The molecule has 2 saturated carbocycles. The monoisotopic (exact) mass is 380 g/mol. The van der Waals surface area contributed by atoms with Crippen LogP contribution in [0.25, 0.3) is 0 Å². The summed E-state index contributed by atoms with van der Waals surface area (Å²) in [6.07, 6.45) is 5.50. The molecule has 0 spiro atoms. The summed E-state index contributed by atoms with van der Waals surface area (Å²) < 4.78 is 31.7. The van der Waals surface area contributed by atoms with Crippen LogP contribution in [0, 0.1) is 17.8 Å². The molecule has 1 N–H and O–H groups in total. The van der Waals surface area contributed by atoms with Crippen LogP contribution in [0.15, 0.2) is 23.1 Å². The van der Waals surface area contributed by atoms with Crippen molar-refractivity contribution in [2.75, 3.05) is 26.0 Å². The number of carbonyl (C=O) groups is 1. The highest BCUT2D eigenvalue weighted by Gasteiger charge is 2.40. The molecule has 2 aliphatic rings. The van der Waals surface area contributed by atoms with Gasteiger partial charge in [0.1, 0.15) is 10.6 Å². The second kappa shape index (κ2) is 7.56. The van der Waals surface area contributed by atoms with E-state index in [1.54, 1.807) is 19.1 Å². The molecular formula is C19H28N2O4S. The predicted octanol–water partition coefficient (Wildman–Crippen LogP) is 3.10. The van der Waals surface area contributed by atoms with E-state index < -0.39 is 10.0 Å². The highest BCUT2D eigenvalue weighted by Crippen LogP contribution is 2.49. The summed E-state index contributed by atoms with van der Waals surface area (Å²) in [5.41, 5.74) is 0.488. The largest absolute Gasteiger partial charge is 0.492 e. The molecule has 0 heterocycles. The molecule has 1 aromatic rings. The Hall–Kier alpha value is -1.60. The number of rotatable bonds is 7. The van der Waals surface area contributed by atoms with Gasteiger partial charge in [-0.05, 0) is 62.1 Å². The third-order valence-electron chi connectivity index (χ3n) is 5.62. The zero-order valence-corrected chi connectivity index (χ0v) is 16.5. The first-order valence-corrected chi connectivity index (χ1v) is 10.7. The summed E-state index contributed by atoms with van der Waals surface area (Å²) >= 11 is 0. The summed E-state index contributed by atoms with van der Waals surface area (Å²) in [5.74, 6) is 2.23. The van der Waals surface area contributed by atoms with Crippen LogP contribution >= 0.6 is 0 Å². The van der Waals surface area contributed by atoms with E-state index in [9.17, 15) is 13.2 Å². The lowest BCUT2D eigenvalue weighted by Gasteiger charge is -2.21. The number of hydrogen-bond acceptors (Lipinski definition) is 4. The Morgan fingerprint density at radius 1 is 1.27 bits per heavy atom. The second-order valence-electron chi connectivity index (χ2n) is 7.57. The standard InChI is InChI=1S/C19H28N2O4S/c1-4-25-17-8-7-16(12-18(17)26(23,24)21(2)3)20-19(22)11-15-10-13-5-6-14(15)9-13/h7-8,12-15H,4-6,9-11H2,1-3H3,(H,20,22)/t13-,14+,15+/m0/s1. The summed E-state index contributed by atoms with van der Waals surface area (Å²) in [6, 6.07) is 4.78. The topological polar surface area (TPSA) is 75.7 Å². The van der Waals surface area contributed by atoms with Crippen LogP contribution in [0.5, 0.6) is 5.75 Å². The van der Waals surface area contributed by atoms with Gasteiger partial charge in [-0.15, -0.1) is 0 Å². The van der Waals surface area contributed by atoms with Crippen molar-refractivity contribution in [3.05, 3.63) is 18.2 Å².